The molecule has 31 heavy (non-hydrogen) atoms. The molecule has 2 aromatic rings. The highest BCUT2D eigenvalue weighted by molar-refractivity contribution is 6.35. The molecule has 166 valence electrons. The minimum absolute atomic E-state index is 0.0462. The highest BCUT2D eigenvalue weighted by Gasteiger charge is 2.63. The van der Waals surface area contributed by atoms with E-state index < -0.39 is 30.3 Å². The summed E-state index contributed by atoms with van der Waals surface area (Å²) in [5.41, 5.74) is -2.19. The maximum absolute atomic E-state index is 13.8. The predicted molar refractivity (Wildman–Crippen MR) is 111 cm³/mol. The fourth-order valence-corrected chi connectivity index (χ4v) is 3.53. The first-order valence-electron chi connectivity index (χ1n) is 9.38. The van der Waals surface area contributed by atoms with Crippen molar-refractivity contribution >= 4 is 34.8 Å². The van der Waals surface area contributed by atoms with E-state index in [0.29, 0.717) is 10.6 Å². The first-order chi connectivity index (χ1) is 14.5. The summed E-state index contributed by atoms with van der Waals surface area (Å²) in [5.74, 6) is -1.12. The normalized spacial score (nSPS) is 19.9. The van der Waals surface area contributed by atoms with Crippen LogP contribution in [0, 0.1) is 0 Å². The van der Waals surface area contributed by atoms with Gasteiger partial charge in [0.25, 0.3) is 11.6 Å². The SMILES string of the molecule is CCc1ccc(C2=NN(C(=O)[C@H](C)Oc3ccc(Cl)cc3Cl)[C@](O)(C(F)(F)F)C2)cc1. The third-order valence-corrected chi connectivity index (χ3v) is 5.42. The van der Waals surface area contributed by atoms with Crippen LogP contribution in [0.2, 0.25) is 10.0 Å². The van der Waals surface area contributed by atoms with Crippen LogP contribution in [0.3, 0.4) is 0 Å². The molecular formula is C21H19Cl2F3N2O3. The number of carbonyl (C=O) groups is 1. The average Bonchev–Trinajstić information content (AvgIpc) is 3.08. The molecule has 0 aliphatic carbocycles. The topological polar surface area (TPSA) is 62.1 Å². The van der Waals surface area contributed by atoms with Gasteiger partial charge in [-0.1, -0.05) is 54.4 Å². The Bertz CT molecular complexity index is 1010. The highest BCUT2D eigenvalue weighted by Crippen LogP contribution is 2.42. The van der Waals surface area contributed by atoms with Crippen LogP contribution in [-0.4, -0.2) is 39.7 Å². The highest BCUT2D eigenvalue weighted by atomic mass is 35.5. The Hall–Kier alpha value is -2.29. The maximum Gasteiger partial charge on any atom is 0.438 e. The number of hydrogen-bond donors (Lipinski definition) is 1. The first-order valence-corrected chi connectivity index (χ1v) is 10.1. The Morgan fingerprint density at radius 2 is 1.90 bits per heavy atom. The summed E-state index contributed by atoms with van der Waals surface area (Å²) in [6, 6.07) is 10.9. The van der Waals surface area contributed by atoms with Gasteiger partial charge >= 0.3 is 6.18 Å². The third kappa shape index (κ3) is 4.66. The van der Waals surface area contributed by atoms with E-state index in [1.165, 1.54) is 25.1 Å². The molecule has 0 bridgehead atoms. The summed E-state index contributed by atoms with van der Waals surface area (Å²) in [5, 5.41) is 14.7. The molecule has 0 saturated heterocycles. The van der Waals surface area contributed by atoms with E-state index in [1.807, 2.05) is 6.92 Å². The monoisotopic (exact) mass is 474 g/mol. The zero-order valence-corrected chi connectivity index (χ0v) is 18.1. The molecule has 0 aromatic heterocycles. The molecule has 1 N–H and O–H groups in total. The molecule has 0 fully saturated rings. The molecular weight excluding hydrogens is 456 g/mol. The zero-order valence-electron chi connectivity index (χ0n) is 16.6. The second-order valence-corrected chi connectivity index (χ2v) is 7.92. The number of hydrogen-bond acceptors (Lipinski definition) is 4. The number of amides is 1. The Kier molecular flexibility index (Phi) is 6.55. The summed E-state index contributed by atoms with van der Waals surface area (Å²) < 4.78 is 46.7. The van der Waals surface area contributed by atoms with Crippen molar-refractivity contribution in [2.24, 2.45) is 5.10 Å². The van der Waals surface area contributed by atoms with Gasteiger partial charge < -0.3 is 9.84 Å². The number of aryl methyl sites for hydroxylation is 1. The van der Waals surface area contributed by atoms with E-state index in [9.17, 15) is 23.1 Å². The molecule has 0 radical (unpaired) electrons. The molecule has 2 atom stereocenters. The van der Waals surface area contributed by atoms with Crippen LogP contribution in [0.1, 0.15) is 31.4 Å². The molecule has 0 unspecified atom stereocenters. The van der Waals surface area contributed by atoms with Crippen molar-refractivity contribution in [1.82, 2.24) is 5.01 Å². The maximum atomic E-state index is 13.8. The Balaban J connectivity index is 1.91. The smallest absolute Gasteiger partial charge is 0.438 e. The second-order valence-electron chi connectivity index (χ2n) is 7.07. The van der Waals surface area contributed by atoms with Crippen molar-refractivity contribution in [2.45, 2.75) is 44.7 Å². The van der Waals surface area contributed by atoms with Gasteiger partial charge in [-0.3, -0.25) is 4.79 Å². The number of alkyl halides is 3. The number of carbonyl (C=O) groups excluding carboxylic acids is 1. The van der Waals surface area contributed by atoms with Gasteiger partial charge in [-0.25, -0.2) is 0 Å². The van der Waals surface area contributed by atoms with Crippen LogP contribution < -0.4 is 4.74 Å². The van der Waals surface area contributed by atoms with Gasteiger partial charge in [-0.05, 0) is 42.7 Å². The molecule has 0 spiro atoms. The quantitative estimate of drug-likeness (QED) is 0.646. The van der Waals surface area contributed by atoms with E-state index in [2.05, 4.69) is 5.10 Å². The van der Waals surface area contributed by atoms with E-state index in [1.54, 1.807) is 24.3 Å². The lowest BCUT2D eigenvalue weighted by Crippen LogP contribution is -2.58. The Morgan fingerprint density at radius 3 is 2.45 bits per heavy atom. The van der Waals surface area contributed by atoms with Gasteiger partial charge in [0, 0.05) is 5.02 Å². The molecule has 10 heteroatoms. The first kappa shape index (κ1) is 23.4. The van der Waals surface area contributed by atoms with Crippen LogP contribution in [-0.2, 0) is 11.2 Å². The second kappa shape index (κ2) is 8.68. The summed E-state index contributed by atoms with van der Waals surface area (Å²) in [6.45, 7) is 3.19. The third-order valence-electron chi connectivity index (χ3n) is 4.89. The van der Waals surface area contributed by atoms with Crippen LogP contribution in [0.5, 0.6) is 5.75 Å². The molecule has 2 aromatic carbocycles. The minimum Gasteiger partial charge on any atom is -0.479 e. The minimum atomic E-state index is -5.14. The van der Waals surface area contributed by atoms with E-state index in [-0.39, 0.29) is 21.5 Å². The van der Waals surface area contributed by atoms with Crippen molar-refractivity contribution in [3.05, 3.63) is 63.6 Å². The molecule has 1 amide bonds. The van der Waals surface area contributed by atoms with Crippen molar-refractivity contribution in [3.8, 4) is 5.75 Å². The number of rotatable bonds is 5. The largest absolute Gasteiger partial charge is 0.479 e. The van der Waals surface area contributed by atoms with Gasteiger partial charge in [-0.2, -0.15) is 23.3 Å². The van der Waals surface area contributed by atoms with Crippen molar-refractivity contribution < 1.29 is 27.8 Å². The van der Waals surface area contributed by atoms with E-state index in [4.69, 9.17) is 27.9 Å². The van der Waals surface area contributed by atoms with Gasteiger partial charge in [-0.15, -0.1) is 0 Å². The van der Waals surface area contributed by atoms with Gasteiger partial charge in [0.2, 0.25) is 0 Å². The standard InChI is InChI=1S/C21H19Cl2F3N2O3/c1-3-13-4-6-14(7-5-13)17-11-20(30,21(24,25)26)28(27-17)19(29)12(2)31-18-9-8-15(22)10-16(18)23/h4-10,12,30H,3,11H2,1-2H3/t12-,20+/m0/s1. The molecule has 1 heterocycles. The lowest BCUT2D eigenvalue weighted by Gasteiger charge is -2.33. The van der Waals surface area contributed by atoms with Crippen LogP contribution in [0.15, 0.2) is 47.6 Å². The number of hydrazone groups is 1. The van der Waals surface area contributed by atoms with Crippen molar-refractivity contribution in [1.29, 1.82) is 0 Å². The molecule has 3 rings (SSSR count). The van der Waals surface area contributed by atoms with Gasteiger partial charge in [0.05, 0.1) is 17.2 Å². The van der Waals surface area contributed by atoms with E-state index >= 15 is 0 Å². The number of nitrogens with zero attached hydrogens (tertiary/aromatic N) is 2. The summed E-state index contributed by atoms with van der Waals surface area (Å²) >= 11 is 11.8. The number of halogens is 5. The van der Waals surface area contributed by atoms with Crippen molar-refractivity contribution in [2.75, 3.05) is 0 Å². The molecule has 1 aliphatic rings. The number of benzene rings is 2. The molecule has 5 nitrogen and oxygen atoms in total. The molecule has 1 aliphatic heterocycles. The Morgan fingerprint density at radius 1 is 1.26 bits per heavy atom. The summed E-state index contributed by atoms with van der Waals surface area (Å²) in [4.78, 5) is 12.8. The summed E-state index contributed by atoms with van der Waals surface area (Å²) in [7, 11) is 0. The number of ether oxygens (including phenoxy) is 1. The zero-order chi connectivity index (χ0) is 23.0. The average molecular weight is 475 g/mol. The van der Waals surface area contributed by atoms with Crippen LogP contribution in [0.25, 0.3) is 0 Å². The lowest BCUT2D eigenvalue weighted by molar-refractivity contribution is -0.303. The summed E-state index contributed by atoms with van der Waals surface area (Å²) in [6.07, 6.45) is -6.71. The van der Waals surface area contributed by atoms with Crippen LogP contribution in [0.4, 0.5) is 13.2 Å². The fourth-order valence-electron chi connectivity index (χ4n) is 3.08. The van der Waals surface area contributed by atoms with Gasteiger partial charge in [0.15, 0.2) is 6.10 Å². The Labute approximate surface area is 187 Å². The molecule has 0 saturated carbocycles. The van der Waals surface area contributed by atoms with E-state index in [0.717, 1.165) is 12.0 Å². The fraction of sp³-hybridized carbons (Fsp3) is 0.333. The number of aliphatic hydroxyl groups is 1. The lowest BCUT2D eigenvalue weighted by atomic mass is 9.99. The van der Waals surface area contributed by atoms with Gasteiger partial charge in [0.1, 0.15) is 5.75 Å². The van der Waals surface area contributed by atoms with Crippen LogP contribution >= 0.6 is 23.2 Å². The predicted octanol–water partition coefficient (Wildman–Crippen LogP) is 5.21. The van der Waals surface area contributed by atoms with Crippen molar-refractivity contribution in [3.63, 3.8) is 0 Å².